The molecule has 1 spiro atoms. The van der Waals surface area contributed by atoms with Crippen molar-refractivity contribution in [3.05, 3.63) is 59.2 Å². The molecule has 5 heterocycles. The lowest BCUT2D eigenvalue weighted by atomic mass is 9.69. The Morgan fingerprint density at radius 1 is 1.17 bits per heavy atom. The van der Waals surface area contributed by atoms with Gasteiger partial charge in [-0.2, -0.15) is 0 Å². The Bertz CT molecular complexity index is 1150. The predicted octanol–water partition coefficient (Wildman–Crippen LogP) is 1.33. The van der Waals surface area contributed by atoms with Crippen molar-refractivity contribution in [3.63, 3.8) is 0 Å². The number of ether oxygens (including phenoxy) is 1. The molecule has 3 amide bonds. The van der Waals surface area contributed by atoms with Gasteiger partial charge in [0.25, 0.3) is 0 Å². The van der Waals surface area contributed by atoms with Gasteiger partial charge in [0, 0.05) is 26.0 Å². The van der Waals surface area contributed by atoms with Crippen LogP contribution in [0.5, 0.6) is 5.75 Å². The van der Waals surface area contributed by atoms with Crippen LogP contribution in [0.4, 0.5) is 5.69 Å². The molecule has 0 aromatic heterocycles. The molecule has 1 saturated heterocycles. The van der Waals surface area contributed by atoms with E-state index in [4.69, 9.17) is 4.74 Å². The maximum absolute atomic E-state index is 13.1. The molecule has 152 valence electrons. The van der Waals surface area contributed by atoms with E-state index in [1.54, 1.807) is 16.8 Å². The Morgan fingerprint density at radius 3 is 2.77 bits per heavy atom. The zero-order chi connectivity index (χ0) is 20.8. The summed E-state index contributed by atoms with van der Waals surface area (Å²) in [5.74, 6) is 0.364. The van der Waals surface area contributed by atoms with E-state index in [0.29, 0.717) is 12.8 Å². The second-order valence-corrected chi connectivity index (χ2v) is 8.61. The van der Waals surface area contributed by atoms with Crippen molar-refractivity contribution in [3.8, 4) is 5.75 Å². The molecule has 4 atom stereocenters. The Morgan fingerprint density at radius 2 is 1.97 bits per heavy atom. The molecule has 7 rings (SSSR count). The van der Waals surface area contributed by atoms with Crippen molar-refractivity contribution in [2.75, 3.05) is 11.9 Å². The normalized spacial score (nSPS) is 30.5. The minimum absolute atomic E-state index is 0.0892. The molecule has 0 radical (unpaired) electrons. The average Bonchev–Trinajstić information content (AvgIpc) is 3.18. The van der Waals surface area contributed by atoms with Crippen LogP contribution in [-0.4, -0.2) is 48.0 Å². The summed E-state index contributed by atoms with van der Waals surface area (Å²) in [5, 5.41) is 2.92. The molecular weight excluding hydrogens is 382 g/mol. The highest BCUT2D eigenvalue weighted by atomic mass is 16.5. The van der Waals surface area contributed by atoms with Gasteiger partial charge in [0.2, 0.25) is 17.7 Å². The summed E-state index contributed by atoms with van der Waals surface area (Å²) in [4.78, 5) is 42.0. The first-order chi connectivity index (χ1) is 14.4. The smallest absolute Gasteiger partial charge is 0.245 e. The molecule has 7 heteroatoms. The van der Waals surface area contributed by atoms with Gasteiger partial charge >= 0.3 is 0 Å². The van der Waals surface area contributed by atoms with E-state index in [2.05, 4.69) is 11.4 Å². The second kappa shape index (κ2) is 5.62. The fourth-order valence-corrected chi connectivity index (χ4v) is 5.72. The van der Waals surface area contributed by atoms with Crippen molar-refractivity contribution in [1.29, 1.82) is 0 Å². The number of carbonyl (C=O) groups excluding carboxylic acids is 3. The Balaban J connectivity index is 1.67. The fraction of sp³-hybridized carbons (Fsp3) is 0.348. The summed E-state index contributed by atoms with van der Waals surface area (Å²) in [7, 11) is 1.70. The summed E-state index contributed by atoms with van der Waals surface area (Å²) < 4.78 is 6.38. The van der Waals surface area contributed by atoms with Crippen LogP contribution in [0.3, 0.4) is 0 Å². The number of benzene rings is 2. The van der Waals surface area contributed by atoms with Crippen molar-refractivity contribution >= 4 is 23.4 Å². The fourth-order valence-electron chi connectivity index (χ4n) is 5.72. The summed E-state index contributed by atoms with van der Waals surface area (Å²) in [6.45, 7) is 1.53. The first-order valence-corrected chi connectivity index (χ1v) is 10.2. The Hall–Kier alpha value is -3.35. The van der Waals surface area contributed by atoms with Crippen LogP contribution in [-0.2, 0) is 26.2 Å². The van der Waals surface area contributed by atoms with E-state index < -0.39 is 23.7 Å². The lowest BCUT2D eigenvalue weighted by molar-refractivity contribution is -0.148. The number of rotatable bonds is 0. The second-order valence-electron chi connectivity index (χ2n) is 8.61. The standard InChI is InChI=1S/C23H21N3O4/c1-12(27)26-17-6-4-3-5-14(17)23-11-18-20(28)24-16(21(29)25(18)2)10-13-7-8-19(15(23)9-13)30-22(23)26/h3-9,16,18,22H,10-11H2,1-2H3,(H,24,28)/t16-,18-,22-,23+/m0/s1. The molecule has 1 fully saturated rings. The molecule has 7 nitrogen and oxygen atoms in total. The highest BCUT2D eigenvalue weighted by Crippen LogP contribution is 2.59. The van der Waals surface area contributed by atoms with E-state index in [0.717, 1.165) is 28.1 Å². The van der Waals surface area contributed by atoms with Crippen molar-refractivity contribution in [2.45, 2.75) is 43.5 Å². The number of para-hydroxylation sites is 1. The van der Waals surface area contributed by atoms with E-state index in [1.165, 1.54) is 6.92 Å². The number of nitrogens with zero attached hydrogens (tertiary/aromatic N) is 2. The third kappa shape index (κ3) is 1.97. The van der Waals surface area contributed by atoms with Gasteiger partial charge in [0.05, 0.1) is 11.1 Å². The number of carbonyl (C=O) groups is 3. The number of hydrogen-bond donors (Lipinski definition) is 1. The molecule has 30 heavy (non-hydrogen) atoms. The highest BCUT2D eigenvalue weighted by Gasteiger charge is 2.62. The van der Waals surface area contributed by atoms with Gasteiger partial charge in [0.1, 0.15) is 17.8 Å². The van der Waals surface area contributed by atoms with Gasteiger partial charge < -0.3 is 15.0 Å². The van der Waals surface area contributed by atoms with Gasteiger partial charge in [-0.15, -0.1) is 0 Å². The van der Waals surface area contributed by atoms with Crippen LogP contribution in [0, 0.1) is 0 Å². The summed E-state index contributed by atoms with van der Waals surface area (Å²) in [6.07, 6.45) is 0.176. The van der Waals surface area contributed by atoms with Gasteiger partial charge in [-0.05, 0) is 29.7 Å². The monoisotopic (exact) mass is 403 g/mol. The maximum Gasteiger partial charge on any atom is 0.245 e. The third-order valence-corrected chi connectivity index (χ3v) is 7.09. The van der Waals surface area contributed by atoms with E-state index in [-0.39, 0.29) is 17.7 Å². The molecule has 0 saturated carbocycles. The Kier molecular flexibility index (Phi) is 3.28. The van der Waals surface area contributed by atoms with Gasteiger partial charge in [-0.1, -0.05) is 30.3 Å². The zero-order valence-corrected chi connectivity index (χ0v) is 16.7. The van der Waals surface area contributed by atoms with Crippen LogP contribution < -0.4 is 15.0 Å². The van der Waals surface area contributed by atoms with E-state index in [9.17, 15) is 14.4 Å². The van der Waals surface area contributed by atoms with Gasteiger partial charge in [-0.25, -0.2) is 0 Å². The Labute approximate surface area is 173 Å². The quantitative estimate of drug-likeness (QED) is 0.720. The summed E-state index contributed by atoms with van der Waals surface area (Å²) in [6, 6.07) is 12.5. The summed E-state index contributed by atoms with van der Waals surface area (Å²) >= 11 is 0. The SMILES string of the molecule is CC(=O)N1c2ccccc2[C@]23C[C@H]4C(=O)N[C@@H](Cc5ccc(c2c5)O[C@H]13)C(=O)N4C. The van der Waals surface area contributed by atoms with E-state index in [1.807, 2.05) is 36.4 Å². The number of amides is 3. The third-order valence-electron chi connectivity index (χ3n) is 7.09. The lowest BCUT2D eigenvalue weighted by Gasteiger charge is -2.42. The molecule has 0 unspecified atom stereocenters. The molecule has 5 aliphatic rings. The number of anilines is 1. The number of likely N-dealkylation sites (N-methyl/N-ethyl adjacent to an activating group) is 1. The maximum atomic E-state index is 13.1. The van der Waals surface area contributed by atoms with Crippen LogP contribution in [0.25, 0.3) is 0 Å². The molecule has 0 aliphatic carbocycles. The van der Waals surface area contributed by atoms with Gasteiger partial charge in [0.15, 0.2) is 6.23 Å². The molecule has 4 bridgehead atoms. The van der Waals surface area contributed by atoms with Crippen LogP contribution in [0.15, 0.2) is 42.5 Å². The number of fused-ring (bicyclic) bond motifs is 3. The number of hydrogen-bond acceptors (Lipinski definition) is 4. The van der Waals surface area contributed by atoms with Gasteiger partial charge in [-0.3, -0.25) is 19.3 Å². The van der Waals surface area contributed by atoms with Crippen molar-refractivity contribution < 1.29 is 19.1 Å². The minimum atomic E-state index is -0.728. The number of piperazine rings is 1. The molecular formula is C23H21N3O4. The molecule has 2 aromatic carbocycles. The summed E-state index contributed by atoms with van der Waals surface area (Å²) in [5.41, 5.74) is 2.98. The number of nitrogens with one attached hydrogen (secondary N) is 1. The van der Waals surface area contributed by atoms with Crippen LogP contribution >= 0.6 is 0 Å². The zero-order valence-electron chi connectivity index (χ0n) is 16.7. The molecule has 5 aliphatic heterocycles. The van der Waals surface area contributed by atoms with Crippen LogP contribution in [0.1, 0.15) is 30.0 Å². The first-order valence-electron chi connectivity index (χ1n) is 10.2. The lowest BCUT2D eigenvalue weighted by Crippen LogP contribution is -2.64. The predicted molar refractivity (Wildman–Crippen MR) is 108 cm³/mol. The van der Waals surface area contributed by atoms with E-state index >= 15 is 0 Å². The first kappa shape index (κ1) is 17.5. The van der Waals surface area contributed by atoms with Crippen molar-refractivity contribution in [1.82, 2.24) is 10.2 Å². The topological polar surface area (TPSA) is 79.0 Å². The average molecular weight is 403 g/mol. The van der Waals surface area contributed by atoms with Crippen LogP contribution in [0.2, 0.25) is 0 Å². The van der Waals surface area contributed by atoms with Crippen molar-refractivity contribution in [2.24, 2.45) is 0 Å². The minimum Gasteiger partial charge on any atom is -0.468 e. The molecule has 2 aromatic rings. The molecule has 1 N–H and O–H groups in total. The largest absolute Gasteiger partial charge is 0.468 e. The highest BCUT2D eigenvalue weighted by molar-refractivity contribution is 5.99.